The van der Waals surface area contributed by atoms with Crippen LogP contribution in [0.4, 0.5) is 8.78 Å². The molecule has 44 heavy (non-hydrogen) atoms. The summed E-state index contributed by atoms with van der Waals surface area (Å²) in [6.45, 7) is 5.32. The van der Waals surface area contributed by atoms with Crippen molar-refractivity contribution < 1.29 is 27.8 Å². The van der Waals surface area contributed by atoms with Crippen LogP contribution in [0.5, 0.6) is 0 Å². The number of hydrogen-bond acceptors (Lipinski definition) is 11. The molecule has 234 valence electrons. The van der Waals surface area contributed by atoms with Gasteiger partial charge in [0.1, 0.15) is 22.1 Å². The van der Waals surface area contributed by atoms with Crippen molar-refractivity contribution >= 4 is 28.9 Å². The third-order valence-electron chi connectivity index (χ3n) is 7.39. The molecule has 3 aromatic heterocycles. The molecule has 1 amide bonds. The number of nitrogens with zero attached hydrogens (tertiary/aromatic N) is 5. The molecule has 0 unspecified atom stereocenters. The number of aromatic nitrogens is 4. The molecule has 2 fully saturated rings. The van der Waals surface area contributed by atoms with Gasteiger partial charge in [0, 0.05) is 49.1 Å². The summed E-state index contributed by atoms with van der Waals surface area (Å²) in [6, 6.07) is 1.79. The van der Waals surface area contributed by atoms with Crippen molar-refractivity contribution in [1.29, 1.82) is 5.41 Å². The monoisotopic (exact) mass is 628 g/mol. The number of nitrogens with one attached hydrogen (secondary N) is 3. The highest BCUT2D eigenvalue weighted by Crippen LogP contribution is 2.24. The lowest BCUT2D eigenvalue weighted by atomic mass is 9.93. The van der Waals surface area contributed by atoms with E-state index in [2.05, 4.69) is 25.7 Å². The van der Waals surface area contributed by atoms with Crippen LogP contribution in [0.3, 0.4) is 0 Å². The fraction of sp³-hybridized carbons (Fsp3) is 0.448. The van der Waals surface area contributed by atoms with Crippen LogP contribution in [0.25, 0.3) is 10.6 Å². The maximum absolute atomic E-state index is 14.5. The molecule has 3 N–H and O–H groups in total. The van der Waals surface area contributed by atoms with Gasteiger partial charge >= 0.3 is 0 Å². The standard InChI is InChI=1S/C29H34F2N8O4S/c1-2-43-20-5-3-19(4-6-20)33-14-22(26(32)27-21(30)7-8-24(31)37-27)35-28(41)23-17-44-29(36-23)18-13-34-39(15-18)25(40)16-38-9-11-42-12-10-38/h7-8,13-15,17,19-20,32-33H,2-6,9-12,16H2,1H3,(H,35,41)/b22-14+,32-26?/t19-,20-. The first kappa shape index (κ1) is 31.5. The second-order valence-corrected chi connectivity index (χ2v) is 11.3. The number of allylic oxidation sites excluding steroid dienone is 1. The Morgan fingerprint density at radius 2 is 1.95 bits per heavy atom. The molecule has 15 heteroatoms. The van der Waals surface area contributed by atoms with Crippen LogP contribution >= 0.6 is 11.3 Å². The fourth-order valence-corrected chi connectivity index (χ4v) is 5.79. The Labute approximate surface area is 257 Å². The second-order valence-electron chi connectivity index (χ2n) is 10.4. The third-order valence-corrected chi connectivity index (χ3v) is 8.28. The average molecular weight is 629 g/mol. The van der Waals surface area contributed by atoms with Gasteiger partial charge in [0.05, 0.1) is 37.8 Å². The van der Waals surface area contributed by atoms with E-state index in [-0.39, 0.29) is 36.0 Å². The van der Waals surface area contributed by atoms with E-state index in [0.29, 0.717) is 43.5 Å². The van der Waals surface area contributed by atoms with Crippen LogP contribution in [0, 0.1) is 17.2 Å². The lowest BCUT2D eigenvalue weighted by molar-refractivity contribution is 0.0314. The molecule has 0 spiro atoms. The molecule has 12 nitrogen and oxygen atoms in total. The first-order valence-electron chi connectivity index (χ1n) is 14.4. The molecule has 2 aliphatic rings. The maximum Gasteiger partial charge on any atom is 0.275 e. The van der Waals surface area contributed by atoms with Gasteiger partial charge in [0.15, 0.2) is 5.82 Å². The predicted octanol–water partition coefficient (Wildman–Crippen LogP) is 3.23. The summed E-state index contributed by atoms with van der Waals surface area (Å²) < 4.78 is 40.7. The topological polar surface area (TPSA) is 147 Å². The zero-order valence-electron chi connectivity index (χ0n) is 24.2. The largest absolute Gasteiger partial charge is 0.386 e. The summed E-state index contributed by atoms with van der Waals surface area (Å²) >= 11 is 1.18. The lowest BCUT2D eigenvalue weighted by Gasteiger charge is -2.28. The highest BCUT2D eigenvalue weighted by atomic mass is 32.1. The van der Waals surface area contributed by atoms with Crippen LogP contribution in [0.1, 0.15) is 53.6 Å². The van der Waals surface area contributed by atoms with E-state index in [1.807, 2.05) is 11.8 Å². The summed E-state index contributed by atoms with van der Waals surface area (Å²) in [7, 11) is 0. The summed E-state index contributed by atoms with van der Waals surface area (Å²) in [5.74, 6) is -2.70. The van der Waals surface area contributed by atoms with E-state index >= 15 is 0 Å². The van der Waals surface area contributed by atoms with E-state index < -0.39 is 29.1 Å². The zero-order chi connectivity index (χ0) is 31.1. The lowest BCUT2D eigenvalue weighted by Crippen LogP contribution is -2.40. The van der Waals surface area contributed by atoms with Gasteiger partial charge < -0.3 is 20.1 Å². The van der Waals surface area contributed by atoms with Gasteiger partial charge in [0.2, 0.25) is 5.95 Å². The quantitative estimate of drug-likeness (QED) is 0.215. The van der Waals surface area contributed by atoms with E-state index in [9.17, 15) is 18.4 Å². The Bertz CT molecular complexity index is 1510. The van der Waals surface area contributed by atoms with Gasteiger partial charge in [-0.25, -0.2) is 19.0 Å². The normalized spacial score (nSPS) is 19.5. The Kier molecular flexibility index (Phi) is 10.5. The average Bonchev–Trinajstić information content (AvgIpc) is 3.72. The van der Waals surface area contributed by atoms with Crippen molar-refractivity contribution in [3.8, 4) is 10.6 Å². The van der Waals surface area contributed by atoms with Crippen molar-refractivity contribution in [2.45, 2.75) is 44.8 Å². The van der Waals surface area contributed by atoms with Crippen molar-refractivity contribution in [2.75, 3.05) is 39.5 Å². The molecule has 5 rings (SSSR count). The van der Waals surface area contributed by atoms with Crippen molar-refractivity contribution in [3.63, 3.8) is 0 Å². The summed E-state index contributed by atoms with van der Waals surface area (Å²) in [4.78, 5) is 35.9. The minimum Gasteiger partial charge on any atom is -0.386 e. The summed E-state index contributed by atoms with van der Waals surface area (Å²) in [6.07, 6.45) is 8.01. The van der Waals surface area contributed by atoms with Crippen molar-refractivity contribution in [3.05, 3.63) is 65.0 Å². The van der Waals surface area contributed by atoms with Crippen LogP contribution < -0.4 is 10.6 Å². The van der Waals surface area contributed by atoms with Gasteiger partial charge in [-0.1, -0.05) is 0 Å². The number of rotatable bonds is 11. The van der Waals surface area contributed by atoms with E-state index in [1.54, 1.807) is 6.20 Å². The van der Waals surface area contributed by atoms with Crippen LogP contribution in [-0.2, 0) is 9.47 Å². The molecule has 3 aromatic rings. The smallest absolute Gasteiger partial charge is 0.275 e. The number of carbonyl (C=O) groups excluding carboxylic acids is 2. The third kappa shape index (κ3) is 7.96. The molecule has 0 bridgehead atoms. The van der Waals surface area contributed by atoms with Gasteiger partial charge in [-0.2, -0.15) is 9.49 Å². The molecule has 0 atom stereocenters. The SMILES string of the molecule is CCO[C@H]1CC[C@H](N/C=C(/NC(=O)c2csc(-c3cnn(C(=O)CN4CCOCC4)c3)n2)C(=N)c2nc(F)ccc2F)CC1. The molecular weight excluding hydrogens is 594 g/mol. The summed E-state index contributed by atoms with van der Waals surface area (Å²) in [5.41, 5.74) is -0.521. The van der Waals surface area contributed by atoms with Gasteiger partial charge in [-0.05, 0) is 44.7 Å². The fourth-order valence-electron chi connectivity index (χ4n) is 5.01. The molecular formula is C29H34F2N8O4S. The Hall–Kier alpha value is -3.92. The number of ether oxygens (including phenoxy) is 2. The Morgan fingerprint density at radius 3 is 2.70 bits per heavy atom. The highest BCUT2D eigenvalue weighted by Gasteiger charge is 2.24. The number of halogens is 2. The molecule has 4 heterocycles. The van der Waals surface area contributed by atoms with E-state index in [0.717, 1.165) is 37.8 Å². The van der Waals surface area contributed by atoms with E-state index in [4.69, 9.17) is 14.9 Å². The Morgan fingerprint density at radius 1 is 1.18 bits per heavy atom. The minimum absolute atomic E-state index is 0.0426. The Balaban J connectivity index is 1.28. The van der Waals surface area contributed by atoms with E-state index in [1.165, 1.54) is 33.8 Å². The number of morpholine rings is 1. The van der Waals surface area contributed by atoms with Gasteiger partial charge in [0.25, 0.3) is 11.8 Å². The minimum atomic E-state index is -0.952. The first-order valence-corrected chi connectivity index (χ1v) is 15.3. The molecule has 1 aliphatic heterocycles. The number of carbonyl (C=O) groups is 2. The van der Waals surface area contributed by atoms with Crippen molar-refractivity contribution in [1.82, 2.24) is 35.3 Å². The second kappa shape index (κ2) is 14.7. The molecule has 0 aromatic carbocycles. The number of amides is 1. The zero-order valence-corrected chi connectivity index (χ0v) is 25.0. The highest BCUT2D eigenvalue weighted by molar-refractivity contribution is 7.13. The molecule has 1 aliphatic carbocycles. The van der Waals surface area contributed by atoms with Crippen molar-refractivity contribution in [2.24, 2.45) is 0 Å². The van der Waals surface area contributed by atoms with Crippen LogP contribution in [-0.4, -0.2) is 93.8 Å². The molecule has 1 saturated carbocycles. The van der Waals surface area contributed by atoms with Crippen LogP contribution in [0.15, 0.2) is 41.8 Å². The molecule has 0 radical (unpaired) electrons. The van der Waals surface area contributed by atoms with Gasteiger partial charge in [-0.15, -0.1) is 11.3 Å². The number of hydrogen-bond donors (Lipinski definition) is 3. The first-order chi connectivity index (χ1) is 21.3. The number of thiazole rings is 1. The molecule has 1 saturated heterocycles. The number of pyridine rings is 1. The van der Waals surface area contributed by atoms with Gasteiger partial charge in [-0.3, -0.25) is 19.9 Å². The van der Waals surface area contributed by atoms with Crippen LogP contribution in [0.2, 0.25) is 0 Å². The maximum atomic E-state index is 14.5. The summed E-state index contributed by atoms with van der Waals surface area (Å²) in [5, 5.41) is 20.6. The predicted molar refractivity (Wildman–Crippen MR) is 159 cm³/mol.